The van der Waals surface area contributed by atoms with E-state index in [1.54, 1.807) is 13.8 Å². The maximum atomic E-state index is 11.6. The average molecular weight is 289 g/mol. The number of rotatable bonds is 8. The number of hydrogen-bond acceptors (Lipinski definition) is 4. The fraction of sp³-hybridized carbons (Fsp3) is 0.636. The summed E-state index contributed by atoms with van der Waals surface area (Å²) in [6, 6.07) is -2.45. The average Bonchev–Trinajstić information content (AvgIpc) is 2.36. The van der Waals surface area contributed by atoms with E-state index in [0.717, 1.165) is 0 Å². The van der Waals surface area contributed by atoms with E-state index in [1.807, 2.05) is 5.32 Å². The molecule has 0 aliphatic rings. The smallest absolute Gasteiger partial charge is 0.326 e. The van der Waals surface area contributed by atoms with E-state index in [0.29, 0.717) is 13.1 Å². The largest absolute Gasteiger partial charge is 0.481 e. The van der Waals surface area contributed by atoms with Gasteiger partial charge in [0.05, 0.1) is 13.0 Å². The molecule has 0 heterocycles. The number of nitrogens with one attached hydrogen (secondary N) is 2. The summed E-state index contributed by atoms with van der Waals surface area (Å²) in [5, 5.41) is 21.4. The van der Waals surface area contributed by atoms with Crippen LogP contribution in [0.1, 0.15) is 20.3 Å². The van der Waals surface area contributed by atoms with Gasteiger partial charge in [0, 0.05) is 13.1 Å². The zero-order chi connectivity index (χ0) is 15.7. The number of carboxylic acids is 2. The topological polar surface area (TPSA) is 136 Å². The Morgan fingerprint density at radius 2 is 1.65 bits per heavy atom. The first-order valence-corrected chi connectivity index (χ1v) is 6.08. The number of carboxylic acid groups (broad SMARTS) is 2. The summed E-state index contributed by atoms with van der Waals surface area (Å²) in [4.78, 5) is 45.6. The van der Waals surface area contributed by atoms with Gasteiger partial charge in [-0.15, -0.1) is 0 Å². The maximum Gasteiger partial charge on any atom is 0.326 e. The van der Waals surface area contributed by atoms with Crippen molar-refractivity contribution >= 4 is 23.9 Å². The molecule has 9 nitrogen and oxygen atoms in total. The molecule has 0 fully saturated rings. The number of carbonyl (C=O) groups is 4. The molecule has 4 N–H and O–H groups in total. The van der Waals surface area contributed by atoms with E-state index in [1.165, 1.54) is 4.90 Å². The Morgan fingerprint density at radius 3 is 2.05 bits per heavy atom. The molecular weight excluding hydrogens is 270 g/mol. The highest BCUT2D eigenvalue weighted by atomic mass is 16.4. The van der Waals surface area contributed by atoms with Crippen LogP contribution < -0.4 is 10.6 Å². The van der Waals surface area contributed by atoms with Gasteiger partial charge in [-0.3, -0.25) is 9.59 Å². The standard InChI is InChI=1S/C11H19N3O6/c1-3-14(4-2)8(15)6-12-11(20)13-7(10(18)19)5-9(16)17/h7H,3-6H2,1-2H3,(H,16,17)(H,18,19)(H2,12,13,20)/t7-/m0/s1. The van der Waals surface area contributed by atoms with Gasteiger partial charge >= 0.3 is 18.0 Å². The quantitative estimate of drug-likeness (QED) is 0.456. The minimum atomic E-state index is -1.55. The highest BCUT2D eigenvalue weighted by Crippen LogP contribution is 1.93. The number of hydrogen-bond donors (Lipinski definition) is 4. The molecule has 0 bridgehead atoms. The minimum absolute atomic E-state index is 0.285. The van der Waals surface area contributed by atoms with Crippen LogP contribution in [0.2, 0.25) is 0 Å². The van der Waals surface area contributed by atoms with Crippen molar-refractivity contribution in [2.24, 2.45) is 0 Å². The Balaban J connectivity index is 4.30. The van der Waals surface area contributed by atoms with Crippen LogP contribution in [-0.4, -0.2) is 64.7 Å². The van der Waals surface area contributed by atoms with Crippen molar-refractivity contribution in [1.29, 1.82) is 0 Å². The van der Waals surface area contributed by atoms with E-state index >= 15 is 0 Å². The molecule has 1 atom stereocenters. The third-order valence-corrected chi connectivity index (χ3v) is 2.50. The number of nitrogens with zero attached hydrogens (tertiary/aromatic N) is 1. The molecule has 3 amide bonds. The van der Waals surface area contributed by atoms with Crippen LogP contribution in [0.15, 0.2) is 0 Å². The number of aliphatic carboxylic acids is 2. The Labute approximate surface area is 115 Å². The Hall–Kier alpha value is -2.32. The molecule has 0 aromatic carbocycles. The maximum absolute atomic E-state index is 11.6. The second kappa shape index (κ2) is 8.73. The van der Waals surface area contributed by atoms with Gasteiger partial charge in [0.1, 0.15) is 6.04 Å². The third kappa shape index (κ3) is 6.57. The molecule has 0 aliphatic carbocycles. The molecule has 0 radical (unpaired) electrons. The normalized spacial score (nSPS) is 11.3. The van der Waals surface area contributed by atoms with Gasteiger partial charge in [-0.25, -0.2) is 9.59 Å². The van der Waals surface area contributed by atoms with E-state index in [2.05, 4.69) is 5.32 Å². The molecule has 114 valence electrons. The lowest BCUT2D eigenvalue weighted by Gasteiger charge is -2.19. The van der Waals surface area contributed by atoms with Gasteiger partial charge < -0.3 is 25.7 Å². The fourth-order valence-electron chi connectivity index (χ4n) is 1.43. The van der Waals surface area contributed by atoms with E-state index in [-0.39, 0.29) is 12.5 Å². The molecule has 0 unspecified atom stereocenters. The lowest BCUT2D eigenvalue weighted by atomic mass is 10.2. The van der Waals surface area contributed by atoms with Crippen LogP contribution in [0, 0.1) is 0 Å². The van der Waals surface area contributed by atoms with Crippen molar-refractivity contribution in [1.82, 2.24) is 15.5 Å². The van der Waals surface area contributed by atoms with Crippen molar-refractivity contribution in [2.45, 2.75) is 26.3 Å². The Morgan fingerprint density at radius 1 is 1.10 bits per heavy atom. The van der Waals surface area contributed by atoms with Gasteiger partial charge in [-0.2, -0.15) is 0 Å². The van der Waals surface area contributed by atoms with Gasteiger partial charge in [-0.05, 0) is 13.8 Å². The number of likely N-dealkylation sites (N-methyl/N-ethyl adjacent to an activating group) is 1. The first-order valence-electron chi connectivity index (χ1n) is 6.08. The first kappa shape index (κ1) is 17.7. The SMILES string of the molecule is CCN(CC)C(=O)CNC(=O)N[C@@H](CC(=O)O)C(=O)O. The zero-order valence-electron chi connectivity index (χ0n) is 11.4. The van der Waals surface area contributed by atoms with Crippen molar-refractivity contribution < 1.29 is 29.4 Å². The Kier molecular flexibility index (Phi) is 7.71. The third-order valence-electron chi connectivity index (χ3n) is 2.50. The molecule has 9 heteroatoms. The predicted molar refractivity (Wildman–Crippen MR) is 68.1 cm³/mol. The second-order valence-corrected chi connectivity index (χ2v) is 3.88. The van der Waals surface area contributed by atoms with Crippen molar-refractivity contribution in [3.63, 3.8) is 0 Å². The zero-order valence-corrected chi connectivity index (χ0v) is 11.4. The molecule has 20 heavy (non-hydrogen) atoms. The molecule has 0 aromatic heterocycles. The van der Waals surface area contributed by atoms with Crippen LogP contribution in [0.5, 0.6) is 0 Å². The number of urea groups is 1. The van der Waals surface area contributed by atoms with Crippen LogP contribution in [0.25, 0.3) is 0 Å². The van der Waals surface area contributed by atoms with Gasteiger partial charge in [-0.1, -0.05) is 0 Å². The molecule has 0 rings (SSSR count). The lowest BCUT2D eigenvalue weighted by molar-refractivity contribution is -0.145. The summed E-state index contributed by atoms with van der Waals surface area (Å²) in [5.74, 6) is -3.12. The summed E-state index contributed by atoms with van der Waals surface area (Å²) < 4.78 is 0. The van der Waals surface area contributed by atoms with Crippen LogP contribution in [-0.2, 0) is 14.4 Å². The number of carbonyl (C=O) groups excluding carboxylic acids is 2. The van der Waals surface area contributed by atoms with Crippen molar-refractivity contribution in [3.05, 3.63) is 0 Å². The number of amides is 3. The molecule has 0 aromatic rings. The highest BCUT2D eigenvalue weighted by molar-refractivity contribution is 5.88. The second-order valence-electron chi connectivity index (χ2n) is 3.88. The van der Waals surface area contributed by atoms with Gasteiger partial charge in [0.15, 0.2) is 0 Å². The van der Waals surface area contributed by atoms with E-state index < -0.39 is 30.4 Å². The van der Waals surface area contributed by atoms with E-state index in [4.69, 9.17) is 10.2 Å². The molecule has 0 saturated carbocycles. The summed E-state index contributed by atoms with van der Waals surface area (Å²) in [5.41, 5.74) is 0. The summed E-state index contributed by atoms with van der Waals surface area (Å²) in [6.45, 7) is 4.28. The summed E-state index contributed by atoms with van der Waals surface area (Å²) >= 11 is 0. The fourth-order valence-corrected chi connectivity index (χ4v) is 1.43. The predicted octanol–water partition coefficient (Wildman–Crippen LogP) is -0.918. The first-order chi connectivity index (χ1) is 9.31. The van der Waals surface area contributed by atoms with Crippen LogP contribution in [0.3, 0.4) is 0 Å². The molecular formula is C11H19N3O6. The van der Waals surface area contributed by atoms with Crippen molar-refractivity contribution in [2.75, 3.05) is 19.6 Å². The Bertz CT molecular complexity index is 380. The van der Waals surface area contributed by atoms with E-state index in [9.17, 15) is 19.2 Å². The minimum Gasteiger partial charge on any atom is -0.481 e. The van der Waals surface area contributed by atoms with Gasteiger partial charge in [0.2, 0.25) is 5.91 Å². The lowest BCUT2D eigenvalue weighted by Crippen LogP contribution is -2.49. The van der Waals surface area contributed by atoms with Crippen molar-refractivity contribution in [3.8, 4) is 0 Å². The monoisotopic (exact) mass is 289 g/mol. The van der Waals surface area contributed by atoms with Crippen LogP contribution in [0.4, 0.5) is 4.79 Å². The molecule has 0 spiro atoms. The molecule has 0 saturated heterocycles. The summed E-state index contributed by atoms with van der Waals surface area (Å²) in [7, 11) is 0. The summed E-state index contributed by atoms with van der Waals surface area (Å²) in [6.07, 6.45) is -0.743. The van der Waals surface area contributed by atoms with Crippen LogP contribution >= 0.6 is 0 Å². The van der Waals surface area contributed by atoms with Gasteiger partial charge in [0.25, 0.3) is 0 Å². The highest BCUT2D eigenvalue weighted by Gasteiger charge is 2.23. The molecule has 0 aliphatic heterocycles.